The van der Waals surface area contributed by atoms with Crippen molar-refractivity contribution in [2.24, 2.45) is 0 Å². The van der Waals surface area contributed by atoms with Crippen LogP contribution < -0.4 is 0 Å². The number of oxazole rings is 1. The Morgan fingerprint density at radius 3 is 2.46 bits per heavy atom. The summed E-state index contributed by atoms with van der Waals surface area (Å²) in [6.07, 6.45) is 1.41. The van der Waals surface area contributed by atoms with Gasteiger partial charge in [-0.15, -0.1) is 0 Å². The number of hydrogen-bond acceptors (Lipinski definition) is 3. The highest BCUT2D eigenvalue weighted by Crippen LogP contribution is 2.22. The second kappa shape index (κ2) is 2.94. The number of benzene rings is 1. The van der Waals surface area contributed by atoms with Crippen molar-refractivity contribution in [3.8, 4) is 17.0 Å². The van der Waals surface area contributed by atoms with Crippen LogP contribution in [0.1, 0.15) is 5.76 Å². The van der Waals surface area contributed by atoms with E-state index in [2.05, 4.69) is 4.98 Å². The molecule has 1 aromatic heterocycles. The molecule has 0 unspecified atom stereocenters. The van der Waals surface area contributed by atoms with Crippen molar-refractivity contribution in [2.75, 3.05) is 0 Å². The van der Waals surface area contributed by atoms with Crippen LogP contribution in [0.3, 0.4) is 0 Å². The fraction of sp³-hybridized carbons (Fsp3) is 0.100. The van der Waals surface area contributed by atoms with Crippen molar-refractivity contribution in [3.63, 3.8) is 0 Å². The Balaban J connectivity index is 2.47. The number of phenolic OH excluding ortho intramolecular Hbond substituents is 1. The fourth-order valence-corrected chi connectivity index (χ4v) is 1.20. The van der Waals surface area contributed by atoms with Crippen LogP contribution in [0, 0.1) is 6.92 Å². The lowest BCUT2D eigenvalue weighted by atomic mass is 10.1. The molecule has 0 aliphatic rings. The number of aromatic hydroxyl groups is 1. The molecule has 0 amide bonds. The summed E-state index contributed by atoms with van der Waals surface area (Å²) >= 11 is 0. The van der Waals surface area contributed by atoms with E-state index in [1.165, 1.54) is 6.39 Å². The second-order valence-corrected chi connectivity index (χ2v) is 2.80. The van der Waals surface area contributed by atoms with Gasteiger partial charge in [-0.2, -0.15) is 0 Å². The van der Waals surface area contributed by atoms with Crippen LogP contribution in [0.2, 0.25) is 0 Å². The summed E-state index contributed by atoms with van der Waals surface area (Å²) in [5.74, 6) is 1.04. The van der Waals surface area contributed by atoms with Crippen LogP contribution in [0.15, 0.2) is 35.1 Å². The first-order valence-corrected chi connectivity index (χ1v) is 3.97. The molecule has 0 spiro atoms. The maximum Gasteiger partial charge on any atom is 0.181 e. The van der Waals surface area contributed by atoms with Crippen molar-refractivity contribution < 1.29 is 9.52 Å². The van der Waals surface area contributed by atoms with Crippen LogP contribution >= 0.6 is 0 Å². The third-order valence-corrected chi connectivity index (χ3v) is 1.89. The van der Waals surface area contributed by atoms with Gasteiger partial charge in [0.05, 0.1) is 0 Å². The van der Waals surface area contributed by atoms with Gasteiger partial charge < -0.3 is 9.52 Å². The molecule has 0 saturated heterocycles. The number of rotatable bonds is 1. The van der Waals surface area contributed by atoms with E-state index in [0.717, 1.165) is 17.0 Å². The van der Waals surface area contributed by atoms with E-state index >= 15 is 0 Å². The normalized spacial score (nSPS) is 10.2. The summed E-state index contributed by atoms with van der Waals surface area (Å²) in [7, 11) is 0. The molecule has 0 aliphatic heterocycles. The zero-order valence-corrected chi connectivity index (χ0v) is 7.19. The molecule has 1 heterocycles. The first-order valence-electron chi connectivity index (χ1n) is 3.97. The van der Waals surface area contributed by atoms with E-state index in [-0.39, 0.29) is 5.75 Å². The molecule has 2 rings (SSSR count). The molecule has 3 nitrogen and oxygen atoms in total. The highest BCUT2D eigenvalue weighted by Gasteiger charge is 2.05. The molecule has 66 valence electrons. The maximum absolute atomic E-state index is 9.08. The molecular formula is C10H9NO2. The van der Waals surface area contributed by atoms with Gasteiger partial charge in [0.1, 0.15) is 17.2 Å². The maximum atomic E-state index is 9.08. The third kappa shape index (κ3) is 1.40. The van der Waals surface area contributed by atoms with Gasteiger partial charge in [-0.05, 0) is 31.2 Å². The smallest absolute Gasteiger partial charge is 0.181 e. The van der Waals surface area contributed by atoms with Crippen LogP contribution in [0.25, 0.3) is 11.3 Å². The number of phenols is 1. The highest BCUT2D eigenvalue weighted by atomic mass is 16.3. The number of aryl methyl sites for hydroxylation is 1. The Labute approximate surface area is 75.7 Å². The summed E-state index contributed by atoms with van der Waals surface area (Å²) in [5, 5.41) is 9.08. The summed E-state index contributed by atoms with van der Waals surface area (Å²) in [4.78, 5) is 4.07. The average molecular weight is 175 g/mol. The number of hydrogen-bond donors (Lipinski definition) is 1. The molecule has 0 atom stereocenters. The van der Waals surface area contributed by atoms with E-state index < -0.39 is 0 Å². The van der Waals surface area contributed by atoms with Gasteiger partial charge in [0, 0.05) is 5.56 Å². The first kappa shape index (κ1) is 7.86. The van der Waals surface area contributed by atoms with E-state index in [9.17, 15) is 0 Å². The van der Waals surface area contributed by atoms with Gasteiger partial charge in [0.25, 0.3) is 0 Å². The Bertz CT molecular complexity index is 403. The predicted octanol–water partition coefficient (Wildman–Crippen LogP) is 2.36. The van der Waals surface area contributed by atoms with E-state index in [1.54, 1.807) is 24.3 Å². The minimum atomic E-state index is 0.255. The Hall–Kier alpha value is -1.77. The van der Waals surface area contributed by atoms with Crippen molar-refractivity contribution in [1.29, 1.82) is 0 Å². The van der Waals surface area contributed by atoms with E-state index in [1.807, 2.05) is 6.92 Å². The minimum Gasteiger partial charge on any atom is -0.508 e. The van der Waals surface area contributed by atoms with Gasteiger partial charge in [-0.1, -0.05) is 0 Å². The quantitative estimate of drug-likeness (QED) is 0.723. The highest BCUT2D eigenvalue weighted by molar-refractivity contribution is 5.61. The lowest BCUT2D eigenvalue weighted by Gasteiger charge is -1.97. The Morgan fingerprint density at radius 1 is 1.23 bits per heavy atom. The van der Waals surface area contributed by atoms with Crippen LogP contribution in [0.4, 0.5) is 0 Å². The van der Waals surface area contributed by atoms with Crippen molar-refractivity contribution >= 4 is 0 Å². The summed E-state index contributed by atoms with van der Waals surface area (Å²) < 4.78 is 5.08. The van der Waals surface area contributed by atoms with Gasteiger partial charge in [-0.25, -0.2) is 4.98 Å². The summed E-state index contributed by atoms with van der Waals surface area (Å²) in [6, 6.07) is 6.87. The monoisotopic (exact) mass is 175 g/mol. The lowest BCUT2D eigenvalue weighted by molar-refractivity contribution is 0.475. The molecule has 0 saturated carbocycles. The molecule has 2 aromatic rings. The molecule has 0 aliphatic carbocycles. The predicted molar refractivity (Wildman–Crippen MR) is 48.3 cm³/mol. The van der Waals surface area contributed by atoms with E-state index in [0.29, 0.717) is 0 Å². The lowest BCUT2D eigenvalue weighted by Crippen LogP contribution is -1.78. The van der Waals surface area contributed by atoms with Crippen LogP contribution in [-0.4, -0.2) is 10.1 Å². The first-order chi connectivity index (χ1) is 6.27. The van der Waals surface area contributed by atoms with Gasteiger partial charge in [-0.3, -0.25) is 0 Å². The van der Waals surface area contributed by atoms with Gasteiger partial charge in [0.15, 0.2) is 6.39 Å². The van der Waals surface area contributed by atoms with Crippen LogP contribution in [0.5, 0.6) is 5.75 Å². The van der Waals surface area contributed by atoms with Crippen molar-refractivity contribution in [1.82, 2.24) is 4.98 Å². The van der Waals surface area contributed by atoms with Crippen LogP contribution in [-0.2, 0) is 0 Å². The molecule has 1 N–H and O–H groups in total. The zero-order valence-electron chi connectivity index (χ0n) is 7.19. The molecule has 1 aromatic carbocycles. The number of nitrogens with zero attached hydrogens (tertiary/aromatic N) is 1. The Morgan fingerprint density at radius 2 is 1.92 bits per heavy atom. The molecule has 0 bridgehead atoms. The standard InChI is InChI=1S/C10H9NO2/c1-7-10(11-6-13-7)8-2-4-9(12)5-3-8/h2-6,12H,1H3. The van der Waals surface area contributed by atoms with Gasteiger partial charge >= 0.3 is 0 Å². The number of aromatic nitrogens is 1. The molecule has 13 heavy (non-hydrogen) atoms. The largest absolute Gasteiger partial charge is 0.508 e. The molecule has 0 fully saturated rings. The van der Waals surface area contributed by atoms with Crippen molar-refractivity contribution in [3.05, 3.63) is 36.4 Å². The van der Waals surface area contributed by atoms with Gasteiger partial charge in [0.2, 0.25) is 0 Å². The fourth-order valence-electron chi connectivity index (χ4n) is 1.20. The second-order valence-electron chi connectivity index (χ2n) is 2.80. The van der Waals surface area contributed by atoms with Crippen molar-refractivity contribution in [2.45, 2.75) is 6.92 Å². The van der Waals surface area contributed by atoms with E-state index in [4.69, 9.17) is 9.52 Å². The molecular weight excluding hydrogens is 166 g/mol. The molecule has 3 heteroatoms. The minimum absolute atomic E-state index is 0.255. The summed E-state index contributed by atoms with van der Waals surface area (Å²) in [6.45, 7) is 1.86. The summed E-state index contributed by atoms with van der Waals surface area (Å²) in [5.41, 5.74) is 1.77. The molecule has 0 radical (unpaired) electrons. The third-order valence-electron chi connectivity index (χ3n) is 1.89. The zero-order chi connectivity index (χ0) is 9.26. The SMILES string of the molecule is Cc1ocnc1-c1ccc(O)cc1. The average Bonchev–Trinajstić information content (AvgIpc) is 2.53. The Kier molecular flexibility index (Phi) is 1.77. The topological polar surface area (TPSA) is 46.3 Å².